The molecule has 2 aromatic rings. The van der Waals surface area contributed by atoms with Gasteiger partial charge in [0.1, 0.15) is 0 Å². The molecule has 3 heteroatoms. The van der Waals surface area contributed by atoms with Crippen molar-refractivity contribution in [2.75, 3.05) is 0 Å². The molecule has 0 spiro atoms. The number of hydrogen-bond acceptors (Lipinski definition) is 2. The van der Waals surface area contributed by atoms with Crippen molar-refractivity contribution >= 4 is 22.9 Å². The van der Waals surface area contributed by atoms with E-state index in [0.717, 1.165) is 16.1 Å². The predicted octanol–water partition coefficient (Wildman–Crippen LogP) is 5.06. The number of benzene rings is 1. The van der Waals surface area contributed by atoms with E-state index in [1.165, 1.54) is 9.75 Å². The summed E-state index contributed by atoms with van der Waals surface area (Å²) >= 11 is 7.89. The molecule has 1 nitrogen and oxygen atoms in total. The van der Waals surface area contributed by atoms with Gasteiger partial charge in [-0.1, -0.05) is 38.4 Å². The van der Waals surface area contributed by atoms with Gasteiger partial charge >= 0.3 is 0 Å². The fourth-order valence-electron chi connectivity index (χ4n) is 2.03. The number of nitrogens with two attached hydrogens (primary N) is 1. The molecule has 1 heterocycles. The number of aryl methyl sites for hydroxylation is 1. The second-order valence-corrected chi connectivity index (χ2v) is 7.54. The molecule has 19 heavy (non-hydrogen) atoms. The van der Waals surface area contributed by atoms with Gasteiger partial charge in [0, 0.05) is 14.8 Å². The van der Waals surface area contributed by atoms with Gasteiger partial charge in [-0.2, -0.15) is 0 Å². The lowest BCUT2D eigenvalue weighted by molar-refractivity contribution is 0.604. The third kappa shape index (κ3) is 3.38. The van der Waals surface area contributed by atoms with Crippen LogP contribution in [0.25, 0.3) is 0 Å². The van der Waals surface area contributed by atoms with E-state index < -0.39 is 0 Å². The molecular weight excluding hydrogens is 274 g/mol. The molecule has 102 valence electrons. The highest BCUT2D eigenvalue weighted by Crippen LogP contribution is 2.34. The van der Waals surface area contributed by atoms with Crippen LogP contribution in [0.5, 0.6) is 0 Å². The Balaban J connectivity index is 2.33. The third-order valence-electron chi connectivity index (χ3n) is 3.10. The Morgan fingerprint density at radius 3 is 2.37 bits per heavy atom. The van der Waals surface area contributed by atoms with Crippen LogP contribution in [0, 0.1) is 6.92 Å². The lowest BCUT2D eigenvalue weighted by Gasteiger charge is -2.16. The van der Waals surface area contributed by atoms with Crippen LogP contribution in [0.2, 0.25) is 5.02 Å². The summed E-state index contributed by atoms with van der Waals surface area (Å²) in [5.74, 6) is 0. The zero-order chi connectivity index (χ0) is 14.2. The van der Waals surface area contributed by atoms with Crippen LogP contribution in [0.1, 0.15) is 47.7 Å². The van der Waals surface area contributed by atoms with E-state index in [1.54, 1.807) is 11.3 Å². The van der Waals surface area contributed by atoms with Crippen molar-refractivity contribution in [3.63, 3.8) is 0 Å². The van der Waals surface area contributed by atoms with Crippen molar-refractivity contribution in [2.24, 2.45) is 5.73 Å². The molecule has 0 fully saturated rings. The smallest absolute Gasteiger partial charge is 0.0646 e. The van der Waals surface area contributed by atoms with E-state index in [0.29, 0.717) is 0 Å². The fraction of sp³-hybridized carbons (Fsp3) is 0.375. The standard InChI is InChI=1S/C16H20ClNS/c1-10-7-11(9-12(17)8-10)15(18)13-5-6-14(19-13)16(2,3)4/h5-9,15H,18H2,1-4H3. The Morgan fingerprint density at radius 1 is 1.16 bits per heavy atom. The van der Waals surface area contributed by atoms with E-state index in [1.807, 2.05) is 19.1 Å². The molecule has 0 saturated heterocycles. The SMILES string of the molecule is Cc1cc(Cl)cc(C(N)c2ccc(C(C)(C)C)s2)c1. The minimum absolute atomic E-state index is 0.0986. The lowest BCUT2D eigenvalue weighted by Crippen LogP contribution is -2.11. The van der Waals surface area contributed by atoms with E-state index >= 15 is 0 Å². The van der Waals surface area contributed by atoms with E-state index in [2.05, 4.69) is 39.0 Å². The van der Waals surface area contributed by atoms with Crippen LogP contribution < -0.4 is 5.73 Å². The van der Waals surface area contributed by atoms with Crippen molar-refractivity contribution in [1.29, 1.82) is 0 Å². The number of thiophene rings is 1. The van der Waals surface area contributed by atoms with Crippen LogP contribution in [0.15, 0.2) is 30.3 Å². The Kier molecular flexibility index (Phi) is 4.05. The monoisotopic (exact) mass is 293 g/mol. The van der Waals surface area contributed by atoms with Gasteiger partial charge in [0.05, 0.1) is 6.04 Å². The largest absolute Gasteiger partial charge is 0.320 e. The molecule has 2 N–H and O–H groups in total. The highest BCUT2D eigenvalue weighted by atomic mass is 35.5. The highest BCUT2D eigenvalue weighted by Gasteiger charge is 2.19. The van der Waals surface area contributed by atoms with E-state index in [9.17, 15) is 0 Å². The Bertz CT molecular complexity index is 560. The minimum atomic E-state index is -0.0986. The van der Waals surface area contributed by atoms with Crippen LogP contribution in [0.4, 0.5) is 0 Å². The predicted molar refractivity (Wildman–Crippen MR) is 85.2 cm³/mol. The molecule has 0 aliphatic carbocycles. The van der Waals surface area contributed by atoms with Crippen LogP contribution in [0.3, 0.4) is 0 Å². The molecule has 0 aliphatic heterocycles. The van der Waals surface area contributed by atoms with Crippen molar-refractivity contribution in [1.82, 2.24) is 0 Å². The number of rotatable bonds is 2. The summed E-state index contributed by atoms with van der Waals surface area (Å²) in [4.78, 5) is 2.54. The minimum Gasteiger partial charge on any atom is -0.320 e. The Morgan fingerprint density at radius 2 is 1.84 bits per heavy atom. The van der Waals surface area contributed by atoms with Gasteiger partial charge in [-0.05, 0) is 47.7 Å². The van der Waals surface area contributed by atoms with Crippen LogP contribution in [-0.4, -0.2) is 0 Å². The summed E-state index contributed by atoms with van der Waals surface area (Å²) in [6.45, 7) is 8.70. The first-order chi connectivity index (χ1) is 8.77. The van der Waals surface area contributed by atoms with E-state index in [-0.39, 0.29) is 11.5 Å². The molecule has 0 bridgehead atoms. The second-order valence-electron chi connectivity index (χ2n) is 5.99. The average Bonchev–Trinajstić information content (AvgIpc) is 2.75. The van der Waals surface area contributed by atoms with Crippen molar-refractivity contribution in [3.05, 3.63) is 56.2 Å². The van der Waals surface area contributed by atoms with Gasteiger partial charge in [-0.15, -0.1) is 11.3 Å². The van der Waals surface area contributed by atoms with Gasteiger partial charge in [0.2, 0.25) is 0 Å². The van der Waals surface area contributed by atoms with Crippen LogP contribution >= 0.6 is 22.9 Å². The Hall–Kier alpha value is -0.830. The van der Waals surface area contributed by atoms with Gasteiger partial charge in [-0.3, -0.25) is 0 Å². The summed E-state index contributed by atoms with van der Waals surface area (Å²) in [7, 11) is 0. The molecule has 1 unspecified atom stereocenters. The average molecular weight is 294 g/mol. The molecule has 1 aromatic carbocycles. The van der Waals surface area contributed by atoms with Gasteiger partial charge in [-0.25, -0.2) is 0 Å². The summed E-state index contributed by atoms with van der Waals surface area (Å²) in [5, 5.41) is 0.748. The molecular formula is C16H20ClNS. The summed E-state index contributed by atoms with van der Waals surface area (Å²) in [5.41, 5.74) is 8.76. The van der Waals surface area contributed by atoms with Crippen LogP contribution in [-0.2, 0) is 5.41 Å². The van der Waals surface area contributed by atoms with Crippen molar-refractivity contribution in [2.45, 2.75) is 39.2 Å². The summed E-state index contributed by atoms with van der Waals surface area (Å²) in [6.07, 6.45) is 0. The topological polar surface area (TPSA) is 26.0 Å². The maximum absolute atomic E-state index is 6.36. The molecule has 0 saturated carbocycles. The first-order valence-corrected chi connectivity index (χ1v) is 7.60. The van der Waals surface area contributed by atoms with Crippen molar-refractivity contribution in [3.8, 4) is 0 Å². The molecule has 1 atom stereocenters. The van der Waals surface area contributed by atoms with Crippen molar-refractivity contribution < 1.29 is 0 Å². The Labute approximate surface area is 124 Å². The fourth-order valence-corrected chi connectivity index (χ4v) is 3.42. The van der Waals surface area contributed by atoms with Gasteiger partial charge in [0.15, 0.2) is 0 Å². The molecule has 0 aliphatic rings. The molecule has 1 aromatic heterocycles. The highest BCUT2D eigenvalue weighted by molar-refractivity contribution is 7.12. The maximum atomic E-state index is 6.36. The quantitative estimate of drug-likeness (QED) is 0.823. The normalized spacial score (nSPS) is 13.6. The number of halogens is 1. The van der Waals surface area contributed by atoms with E-state index in [4.69, 9.17) is 17.3 Å². The zero-order valence-corrected chi connectivity index (χ0v) is 13.4. The maximum Gasteiger partial charge on any atom is 0.0646 e. The second kappa shape index (κ2) is 5.28. The number of hydrogen-bond donors (Lipinski definition) is 1. The zero-order valence-electron chi connectivity index (χ0n) is 11.8. The third-order valence-corrected chi connectivity index (χ3v) is 4.91. The first-order valence-electron chi connectivity index (χ1n) is 6.40. The lowest BCUT2D eigenvalue weighted by atomic mass is 9.95. The van der Waals surface area contributed by atoms with Gasteiger partial charge in [0.25, 0.3) is 0 Å². The van der Waals surface area contributed by atoms with Gasteiger partial charge < -0.3 is 5.73 Å². The molecule has 2 rings (SSSR count). The summed E-state index contributed by atoms with van der Waals surface area (Å²) in [6, 6.07) is 10.2. The first kappa shape index (κ1) is 14.6. The molecule has 0 amide bonds. The molecule has 0 radical (unpaired) electrons. The summed E-state index contributed by atoms with van der Waals surface area (Å²) < 4.78 is 0.